The molecule has 0 N–H and O–H groups in total. The Bertz CT molecular complexity index is 640. The monoisotopic (exact) mass is 280 g/mol. The number of hydrogen-bond acceptors (Lipinski definition) is 3. The fourth-order valence-electron chi connectivity index (χ4n) is 2.81. The lowest BCUT2D eigenvalue weighted by Crippen LogP contribution is -2.35. The van der Waals surface area contributed by atoms with Crippen LogP contribution in [0, 0.1) is 0 Å². The molecule has 4 nitrogen and oxygen atoms in total. The topological polar surface area (TPSA) is 46.3 Å². The second-order valence-corrected chi connectivity index (χ2v) is 5.22. The Hall–Kier alpha value is -2.30. The first kappa shape index (κ1) is 13.7. The van der Waals surface area contributed by atoms with Crippen LogP contribution in [-0.4, -0.2) is 36.6 Å². The lowest BCUT2D eigenvalue weighted by molar-refractivity contribution is 0.217. The molecule has 1 amide bonds. The number of benzene rings is 1. The Kier molecular flexibility index (Phi) is 3.91. The fraction of sp³-hybridized carbons (Fsp3) is 0.250. The molecule has 5 heteroatoms. The van der Waals surface area contributed by atoms with Crippen LogP contribution in [0.4, 0.5) is 4.79 Å². The van der Waals surface area contributed by atoms with Gasteiger partial charge in [0.15, 0.2) is 18.0 Å². The van der Waals surface area contributed by atoms with Gasteiger partial charge in [0, 0.05) is 18.7 Å². The van der Waals surface area contributed by atoms with Crippen LogP contribution in [0.5, 0.6) is 0 Å². The highest BCUT2D eigenvalue weighted by atomic mass is 16.3. The molecule has 1 fully saturated rings. The molecule has 0 radical (unpaired) electrons. The number of rotatable bonds is 2. The van der Waals surface area contributed by atoms with E-state index in [4.69, 9.17) is 4.42 Å². The second-order valence-electron chi connectivity index (χ2n) is 5.22. The minimum Gasteiger partial charge on any atom is -0.443 e. The molecular weight excluding hydrogens is 263 g/mol. The summed E-state index contributed by atoms with van der Waals surface area (Å²) in [5.41, 5.74) is 3.59. The zero-order valence-corrected chi connectivity index (χ0v) is 12.1. The molecule has 0 spiro atoms. The molecule has 1 aromatic heterocycles. The summed E-state index contributed by atoms with van der Waals surface area (Å²) in [4.78, 5) is 17.4. The summed E-state index contributed by atoms with van der Waals surface area (Å²) in [6.07, 6.45) is 4.98. The zero-order chi connectivity index (χ0) is 14.7. The maximum Gasteiger partial charge on any atom is 0.215 e. The zero-order valence-electron chi connectivity index (χ0n) is 12.1. The predicted molar refractivity (Wildman–Crippen MR) is 83.7 cm³/mol. The van der Waals surface area contributed by atoms with Crippen molar-refractivity contribution in [3.05, 3.63) is 59.8 Å². The van der Waals surface area contributed by atoms with Gasteiger partial charge in [-0.3, -0.25) is 4.79 Å². The smallest absolute Gasteiger partial charge is 0.215 e. The summed E-state index contributed by atoms with van der Waals surface area (Å²) in [6.45, 7) is 1.55. The largest absolute Gasteiger partial charge is 0.443 e. The highest BCUT2D eigenvalue weighted by Gasteiger charge is 2.21. The van der Waals surface area contributed by atoms with Crippen LogP contribution in [0.3, 0.4) is 0 Å². The van der Waals surface area contributed by atoms with Crippen molar-refractivity contribution in [2.75, 3.05) is 13.1 Å². The molecule has 1 saturated heterocycles. The number of piperidine rings is 1. The van der Waals surface area contributed by atoms with Gasteiger partial charge in [0.2, 0.25) is 7.85 Å². The van der Waals surface area contributed by atoms with E-state index >= 15 is 0 Å². The molecule has 1 aliphatic rings. The van der Waals surface area contributed by atoms with Crippen molar-refractivity contribution in [1.29, 1.82) is 0 Å². The molecule has 1 aliphatic heterocycles. The Balaban J connectivity index is 1.97. The predicted octanol–water partition coefficient (Wildman–Crippen LogP) is 2.33. The first-order chi connectivity index (χ1) is 10.3. The highest BCUT2D eigenvalue weighted by molar-refractivity contribution is 6.56. The summed E-state index contributed by atoms with van der Waals surface area (Å²) in [5.74, 6) is 0.947. The minimum atomic E-state index is 0.148. The number of nitrogens with zero attached hydrogens (tertiary/aromatic N) is 2. The number of hydrogen-bond donors (Lipinski definition) is 0. The Morgan fingerprint density at radius 1 is 1.19 bits per heavy atom. The molecule has 106 valence electrons. The number of aromatic nitrogens is 1. The van der Waals surface area contributed by atoms with Crippen LogP contribution in [0.25, 0.3) is 5.57 Å². The third-order valence-corrected chi connectivity index (χ3v) is 3.91. The Labute approximate surface area is 124 Å². The van der Waals surface area contributed by atoms with Crippen molar-refractivity contribution in [2.24, 2.45) is 0 Å². The average Bonchev–Trinajstić information content (AvgIpc) is 3.03. The second kappa shape index (κ2) is 6.00. The lowest BCUT2D eigenvalue weighted by atomic mass is 9.91. The third kappa shape index (κ3) is 2.91. The minimum absolute atomic E-state index is 0.148. The number of amides is 1. The van der Waals surface area contributed by atoms with Crippen molar-refractivity contribution < 1.29 is 9.21 Å². The molecule has 21 heavy (non-hydrogen) atoms. The van der Waals surface area contributed by atoms with Crippen LogP contribution < -0.4 is 0 Å². The van der Waals surface area contributed by atoms with Crippen LogP contribution in [0.15, 0.2) is 52.9 Å². The molecular formula is C16H17BN2O2. The highest BCUT2D eigenvalue weighted by Crippen LogP contribution is 2.32. The van der Waals surface area contributed by atoms with Crippen LogP contribution in [0.2, 0.25) is 0 Å². The molecule has 2 heterocycles. The molecule has 3 rings (SSSR count). The van der Waals surface area contributed by atoms with Gasteiger partial charge in [0.05, 0.1) is 6.20 Å². The van der Waals surface area contributed by atoms with E-state index in [1.54, 1.807) is 14.0 Å². The van der Waals surface area contributed by atoms with Gasteiger partial charge in [-0.15, -0.1) is 0 Å². The molecule has 2 aromatic rings. The normalized spacial score (nSPS) is 15.0. The molecule has 0 aliphatic carbocycles. The van der Waals surface area contributed by atoms with Gasteiger partial charge < -0.3 is 9.32 Å². The Morgan fingerprint density at radius 2 is 1.90 bits per heavy atom. The maximum absolute atomic E-state index is 11.5. The summed E-state index contributed by atoms with van der Waals surface area (Å²) >= 11 is 0. The van der Waals surface area contributed by atoms with E-state index in [1.807, 2.05) is 23.1 Å². The fourth-order valence-corrected chi connectivity index (χ4v) is 2.81. The first-order valence-corrected chi connectivity index (χ1v) is 7.17. The summed E-state index contributed by atoms with van der Waals surface area (Å²) < 4.78 is 5.53. The van der Waals surface area contributed by atoms with E-state index < -0.39 is 0 Å². The van der Waals surface area contributed by atoms with Gasteiger partial charge in [-0.05, 0) is 18.4 Å². The number of likely N-dealkylation sites (tertiary alicyclic amines) is 1. The quantitative estimate of drug-likeness (QED) is 0.793. The first-order valence-electron chi connectivity index (χ1n) is 7.17. The maximum atomic E-state index is 11.5. The summed E-state index contributed by atoms with van der Waals surface area (Å²) in [7, 11) is 1.63. The van der Waals surface area contributed by atoms with Crippen molar-refractivity contribution in [3.8, 4) is 0 Å². The Morgan fingerprint density at radius 3 is 2.48 bits per heavy atom. The van der Waals surface area contributed by atoms with Gasteiger partial charge >= 0.3 is 0 Å². The van der Waals surface area contributed by atoms with E-state index in [1.165, 1.54) is 12.0 Å². The molecule has 0 bridgehead atoms. The molecule has 1 aromatic carbocycles. The van der Waals surface area contributed by atoms with E-state index in [2.05, 4.69) is 17.1 Å². The van der Waals surface area contributed by atoms with Crippen LogP contribution >= 0.6 is 0 Å². The number of carbonyl (C=O) groups excluding carboxylic acids is 1. The van der Waals surface area contributed by atoms with E-state index in [0.29, 0.717) is 0 Å². The van der Waals surface area contributed by atoms with Gasteiger partial charge in [-0.1, -0.05) is 35.9 Å². The van der Waals surface area contributed by atoms with Gasteiger partial charge in [-0.2, -0.15) is 0 Å². The van der Waals surface area contributed by atoms with Crippen LogP contribution in [0.1, 0.15) is 24.2 Å². The lowest BCUT2D eigenvalue weighted by Gasteiger charge is -2.29. The van der Waals surface area contributed by atoms with E-state index in [-0.39, 0.29) is 5.81 Å². The third-order valence-electron chi connectivity index (χ3n) is 3.91. The average molecular weight is 280 g/mol. The van der Waals surface area contributed by atoms with Crippen molar-refractivity contribution >= 4 is 19.2 Å². The SMILES string of the molecule is BC(=O)N1CCC(=C(c2ccccc2)c2cnco2)CC1. The van der Waals surface area contributed by atoms with E-state index in [9.17, 15) is 4.79 Å². The van der Waals surface area contributed by atoms with Gasteiger partial charge in [-0.25, -0.2) is 4.98 Å². The molecule has 0 saturated carbocycles. The number of oxazole rings is 1. The van der Waals surface area contributed by atoms with Crippen LogP contribution in [-0.2, 0) is 0 Å². The van der Waals surface area contributed by atoms with Crippen molar-refractivity contribution in [1.82, 2.24) is 9.88 Å². The van der Waals surface area contributed by atoms with Crippen molar-refractivity contribution in [3.63, 3.8) is 0 Å². The number of carbonyl (C=O) groups is 1. The van der Waals surface area contributed by atoms with Gasteiger partial charge in [0.1, 0.15) is 0 Å². The molecule has 0 atom stereocenters. The van der Waals surface area contributed by atoms with Crippen molar-refractivity contribution in [2.45, 2.75) is 12.8 Å². The van der Waals surface area contributed by atoms with Gasteiger partial charge in [0.25, 0.3) is 0 Å². The summed E-state index contributed by atoms with van der Waals surface area (Å²) in [6, 6.07) is 10.2. The standard InChI is InChI=1S/C16H17BN2O2/c17-16(20)19-8-6-13(7-9-19)15(14-10-18-11-21-14)12-4-2-1-3-5-12/h1-5,10-11H,6-9,17H2. The summed E-state index contributed by atoms with van der Waals surface area (Å²) in [5, 5.41) is 0. The molecule has 0 unspecified atom stereocenters. The van der Waals surface area contributed by atoms with E-state index in [0.717, 1.165) is 42.8 Å².